The van der Waals surface area contributed by atoms with Crippen LogP contribution >= 0.6 is 0 Å². The predicted molar refractivity (Wildman–Crippen MR) is 84.0 cm³/mol. The molecular formula is C17H22N2O2. The lowest BCUT2D eigenvalue weighted by Gasteiger charge is -2.25. The van der Waals surface area contributed by atoms with Crippen LogP contribution in [0.5, 0.6) is 11.5 Å². The number of nitrogens with zero attached hydrogens (tertiary/aromatic N) is 1. The zero-order chi connectivity index (χ0) is 15.2. The predicted octanol–water partition coefficient (Wildman–Crippen LogP) is 2.45. The molecule has 2 rings (SSSR count). The molecule has 0 saturated heterocycles. The summed E-state index contributed by atoms with van der Waals surface area (Å²) in [6.07, 6.45) is 0. The van der Waals surface area contributed by atoms with Crippen LogP contribution in [0.25, 0.3) is 0 Å². The molecule has 112 valence electrons. The first-order chi connectivity index (χ1) is 10.1. The fourth-order valence-corrected chi connectivity index (χ4v) is 2.36. The molecule has 0 aromatic heterocycles. The monoisotopic (exact) mass is 286 g/mol. The fourth-order valence-electron chi connectivity index (χ4n) is 2.36. The number of benzene rings is 2. The van der Waals surface area contributed by atoms with Gasteiger partial charge in [0.25, 0.3) is 0 Å². The highest BCUT2D eigenvalue weighted by Crippen LogP contribution is 2.22. The highest BCUT2D eigenvalue weighted by atomic mass is 16.3. The topological polar surface area (TPSA) is 69.7 Å². The molecule has 0 saturated carbocycles. The zero-order valence-electron chi connectivity index (χ0n) is 12.2. The van der Waals surface area contributed by atoms with Crippen LogP contribution in [-0.4, -0.2) is 27.7 Å². The number of rotatable bonds is 6. The maximum atomic E-state index is 9.91. The molecule has 0 amide bonds. The molecule has 2 aromatic carbocycles. The summed E-state index contributed by atoms with van der Waals surface area (Å²) in [7, 11) is 0. The maximum Gasteiger partial charge on any atom is 0.120 e. The molecule has 4 heteroatoms. The fraction of sp³-hybridized carbons (Fsp3) is 0.294. The Labute approximate surface area is 125 Å². The second kappa shape index (κ2) is 7.11. The van der Waals surface area contributed by atoms with Crippen molar-refractivity contribution in [2.24, 2.45) is 5.73 Å². The Morgan fingerprint density at radius 2 is 1.33 bits per heavy atom. The van der Waals surface area contributed by atoms with Crippen LogP contribution in [0, 0.1) is 0 Å². The number of hydrogen-bond acceptors (Lipinski definition) is 4. The largest absolute Gasteiger partial charge is 0.508 e. The van der Waals surface area contributed by atoms with Crippen LogP contribution in [0.2, 0.25) is 0 Å². The summed E-state index contributed by atoms with van der Waals surface area (Å²) < 4.78 is 0. The summed E-state index contributed by atoms with van der Waals surface area (Å²) in [5.41, 5.74) is 7.62. The Balaban J connectivity index is 2.15. The summed E-state index contributed by atoms with van der Waals surface area (Å²) in [6, 6.07) is 14.6. The van der Waals surface area contributed by atoms with Gasteiger partial charge in [0, 0.05) is 36.8 Å². The van der Waals surface area contributed by atoms with E-state index < -0.39 is 0 Å². The molecule has 0 spiro atoms. The van der Waals surface area contributed by atoms with Gasteiger partial charge in [-0.2, -0.15) is 0 Å². The van der Waals surface area contributed by atoms with Crippen LogP contribution in [0.4, 0.5) is 0 Å². The lowest BCUT2D eigenvalue weighted by molar-refractivity contribution is 0.238. The average molecular weight is 286 g/mol. The summed E-state index contributed by atoms with van der Waals surface area (Å²) in [4.78, 5) is 2.12. The van der Waals surface area contributed by atoms with E-state index in [4.69, 9.17) is 5.73 Å². The quantitative estimate of drug-likeness (QED) is 0.763. The summed E-state index contributed by atoms with van der Waals surface area (Å²) in [6.45, 7) is 3.80. The first-order valence-electron chi connectivity index (χ1n) is 7.08. The van der Waals surface area contributed by atoms with Gasteiger partial charge in [-0.3, -0.25) is 4.90 Å². The van der Waals surface area contributed by atoms with Gasteiger partial charge in [-0.05, 0) is 19.1 Å². The second-order valence-corrected chi connectivity index (χ2v) is 5.40. The molecule has 0 radical (unpaired) electrons. The van der Waals surface area contributed by atoms with Gasteiger partial charge in [-0.1, -0.05) is 36.4 Å². The summed E-state index contributed by atoms with van der Waals surface area (Å²) in [5.74, 6) is 0.564. The van der Waals surface area contributed by atoms with Crippen LogP contribution in [0.1, 0.15) is 18.1 Å². The van der Waals surface area contributed by atoms with E-state index in [1.54, 1.807) is 24.3 Å². The minimum atomic E-state index is 0.0155. The van der Waals surface area contributed by atoms with E-state index in [9.17, 15) is 10.2 Å². The first kappa shape index (κ1) is 15.4. The summed E-state index contributed by atoms with van der Waals surface area (Å²) in [5, 5.41) is 19.8. The van der Waals surface area contributed by atoms with E-state index in [0.29, 0.717) is 19.6 Å². The zero-order valence-corrected chi connectivity index (χ0v) is 12.2. The van der Waals surface area contributed by atoms with Crippen molar-refractivity contribution in [3.8, 4) is 11.5 Å². The number of phenolic OH excluding ortho intramolecular Hbond substituents is 2. The number of aromatic hydroxyl groups is 2. The standard InChI is InChI=1S/C17H22N2O2/c1-13(18)10-19(11-14-6-2-4-8-16(14)20)12-15-7-3-5-9-17(15)21/h2-9,13,20-21H,10-12,18H2,1H3. The Hall–Kier alpha value is -2.04. The third-order valence-electron chi connectivity index (χ3n) is 3.32. The highest BCUT2D eigenvalue weighted by molar-refractivity contribution is 5.33. The SMILES string of the molecule is CC(N)CN(Cc1ccccc1O)Cc1ccccc1O. The van der Waals surface area contributed by atoms with Crippen LogP contribution in [0.3, 0.4) is 0 Å². The molecule has 0 aliphatic carbocycles. The lowest BCUT2D eigenvalue weighted by atomic mass is 10.1. The minimum absolute atomic E-state index is 0.0155. The van der Waals surface area contributed by atoms with E-state index in [-0.39, 0.29) is 17.5 Å². The number of hydrogen-bond donors (Lipinski definition) is 3. The van der Waals surface area contributed by atoms with Crippen molar-refractivity contribution in [3.05, 3.63) is 59.7 Å². The third kappa shape index (κ3) is 4.48. The van der Waals surface area contributed by atoms with Crippen molar-refractivity contribution in [1.82, 2.24) is 4.90 Å². The smallest absolute Gasteiger partial charge is 0.120 e. The van der Waals surface area contributed by atoms with Crippen molar-refractivity contribution >= 4 is 0 Å². The maximum absolute atomic E-state index is 9.91. The molecule has 1 unspecified atom stereocenters. The van der Waals surface area contributed by atoms with E-state index in [1.807, 2.05) is 31.2 Å². The van der Waals surface area contributed by atoms with Gasteiger partial charge in [0.05, 0.1) is 0 Å². The van der Waals surface area contributed by atoms with Crippen LogP contribution in [-0.2, 0) is 13.1 Å². The Morgan fingerprint density at radius 1 is 0.905 bits per heavy atom. The Morgan fingerprint density at radius 3 is 1.71 bits per heavy atom. The molecule has 1 atom stereocenters. The molecule has 0 fully saturated rings. The molecule has 0 bridgehead atoms. The van der Waals surface area contributed by atoms with Gasteiger partial charge in [0.1, 0.15) is 11.5 Å². The number of phenols is 2. The van der Waals surface area contributed by atoms with Crippen molar-refractivity contribution < 1.29 is 10.2 Å². The third-order valence-corrected chi connectivity index (χ3v) is 3.32. The van der Waals surface area contributed by atoms with E-state index in [1.165, 1.54) is 0 Å². The highest BCUT2D eigenvalue weighted by Gasteiger charge is 2.13. The molecule has 21 heavy (non-hydrogen) atoms. The molecule has 0 aliphatic rings. The van der Waals surface area contributed by atoms with Gasteiger partial charge in [-0.25, -0.2) is 0 Å². The molecule has 4 nitrogen and oxygen atoms in total. The molecule has 4 N–H and O–H groups in total. The van der Waals surface area contributed by atoms with Gasteiger partial charge in [-0.15, -0.1) is 0 Å². The number of nitrogens with two attached hydrogens (primary N) is 1. The molecule has 2 aromatic rings. The normalized spacial score (nSPS) is 12.5. The van der Waals surface area contributed by atoms with Crippen molar-refractivity contribution in [2.45, 2.75) is 26.1 Å². The Kier molecular flexibility index (Phi) is 5.20. The van der Waals surface area contributed by atoms with E-state index >= 15 is 0 Å². The summed E-state index contributed by atoms with van der Waals surface area (Å²) >= 11 is 0. The average Bonchev–Trinajstić information content (AvgIpc) is 2.43. The van der Waals surface area contributed by atoms with Crippen molar-refractivity contribution in [3.63, 3.8) is 0 Å². The van der Waals surface area contributed by atoms with Crippen LogP contribution in [0.15, 0.2) is 48.5 Å². The van der Waals surface area contributed by atoms with E-state index in [0.717, 1.165) is 11.1 Å². The van der Waals surface area contributed by atoms with Gasteiger partial charge in [0.15, 0.2) is 0 Å². The van der Waals surface area contributed by atoms with E-state index in [2.05, 4.69) is 4.90 Å². The molecule has 0 heterocycles. The minimum Gasteiger partial charge on any atom is -0.508 e. The van der Waals surface area contributed by atoms with Gasteiger partial charge in [0.2, 0.25) is 0 Å². The van der Waals surface area contributed by atoms with Crippen molar-refractivity contribution in [2.75, 3.05) is 6.54 Å². The Bertz CT molecular complexity index is 537. The first-order valence-corrected chi connectivity index (χ1v) is 7.08. The number of para-hydroxylation sites is 2. The molecule has 0 aliphatic heterocycles. The van der Waals surface area contributed by atoms with Crippen molar-refractivity contribution in [1.29, 1.82) is 0 Å². The van der Waals surface area contributed by atoms with Gasteiger partial charge < -0.3 is 15.9 Å². The van der Waals surface area contributed by atoms with Crippen LogP contribution < -0.4 is 5.73 Å². The molecular weight excluding hydrogens is 264 g/mol. The second-order valence-electron chi connectivity index (χ2n) is 5.40. The van der Waals surface area contributed by atoms with Gasteiger partial charge >= 0.3 is 0 Å². The lowest BCUT2D eigenvalue weighted by Crippen LogP contribution is -2.34.